The molecule has 0 saturated carbocycles. The summed E-state index contributed by atoms with van der Waals surface area (Å²) >= 11 is 0. The predicted molar refractivity (Wildman–Crippen MR) is 85.6 cm³/mol. The van der Waals surface area contributed by atoms with Crippen LogP contribution in [-0.2, 0) is 6.37 Å². The van der Waals surface area contributed by atoms with Crippen molar-refractivity contribution in [2.45, 2.75) is 33.1 Å². The molecule has 2 aromatic rings. The maximum atomic E-state index is 8.57. The molecule has 0 unspecified atom stereocenters. The number of benzene rings is 1. The summed E-state index contributed by atoms with van der Waals surface area (Å²) in [7, 11) is 1.56. The molecule has 1 aromatic heterocycles. The highest BCUT2D eigenvalue weighted by atomic mass is 16.5. The van der Waals surface area contributed by atoms with Gasteiger partial charge in [-0.2, -0.15) is 0 Å². The van der Waals surface area contributed by atoms with Gasteiger partial charge < -0.3 is 14.6 Å². The highest BCUT2D eigenvalue weighted by molar-refractivity contribution is 5.84. The average molecular weight is 278 g/mol. The Morgan fingerprint density at radius 3 is 2.65 bits per heavy atom. The van der Waals surface area contributed by atoms with Gasteiger partial charge in [0.25, 0.3) is 0 Å². The Hall–Kier alpha value is -1.48. The lowest BCUT2D eigenvalue weighted by molar-refractivity contribution is 0.278. The zero-order valence-electron chi connectivity index (χ0n) is 16.5. The Labute approximate surface area is 127 Å². The topological polar surface area (TPSA) is 28.3 Å². The number of H-pyrrole nitrogens is 1. The summed E-state index contributed by atoms with van der Waals surface area (Å²) in [5.74, 6) is 0.624. The zero-order chi connectivity index (χ0) is 18.0. The molecule has 2 rings (SSSR count). The first-order chi connectivity index (χ1) is 11.3. The van der Waals surface area contributed by atoms with Gasteiger partial charge in [0, 0.05) is 29.1 Å². The van der Waals surface area contributed by atoms with Crippen LogP contribution in [-0.4, -0.2) is 36.6 Å². The molecule has 0 fully saturated rings. The number of methoxy groups -OCH3 is 1. The van der Waals surface area contributed by atoms with Gasteiger partial charge in [-0.05, 0) is 56.1 Å². The largest absolute Gasteiger partial charge is 0.497 e. The van der Waals surface area contributed by atoms with Crippen LogP contribution in [0.5, 0.6) is 5.75 Å². The van der Waals surface area contributed by atoms with Crippen LogP contribution in [0.25, 0.3) is 10.9 Å². The van der Waals surface area contributed by atoms with E-state index >= 15 is 0 Å². The summed E-state index contributed by atoms with van der Waals surface area (Å²) in [5, 5.41) is 0.649. The van der Waals surface area contributed by atoms with E-state index in [2.05, 4.69) is 4.98 Å². The lowest BCUT2D eigenvalue weighted by Crippen LogP contribution is -2.27. The molecule has 0 spiro atoms. The molecule has 0 atom stereocenters. The number of nitrogens with zero attached hydrogens (tertiary/aromatic N) is 1. The summed E-state index contributed by atoms with van der Waals surface area (Å²) in [6, 6.07) is 5.37. The second kappa shape index (κ2) is 7.34. The Morgan fingerprint density at radius 2 is 2.00 bits per heavy atom. The molecule has 0 bridgehead atoms. The molecule has 110 valence electrons. The fourth-order valence-corrected chi connectivity index (χ4v) is 2.23. The highest BCUT2D eigenvalue weighted by Gasteiger charge is 2.08. The van der Waals surface area contributed by atoms with E-state index in [0.717, 1.165) is 18.4 Å². The molecule has 1 N–H and O–H groups in total. The van der Waals surface area contributed by atoms with E-state index < -0.39 is 12.9 Å². The van der Waals surface area contributed by atoms with E-state index in [0.29, 0.717) is 29.8 Å². The van der Waals surface area contributed by atoms with Crippen LogP contribution < -0.4 is 4.74 Å². The highest BCUT2D eigenvalue weighted by Crippen LogP contribution is 2.24. The first kappa shape index (κ1) is 10.3. The van der Waals surface area contributed by atoms with Gasteiger partial charge in [-0.1, -0.05) is 13.8 Å². The van der Waals surface area contributed by atoms with Crippen molar-refractivity contribution in [1.82, 2.24) is 9.88 Å². The molecule has 0 aliphatic rings. The van der Waals surface area contributed by atoms with Gasteiger partial charge in [0.15, 0.2) is 0 Å². The van der Waals surface area contributed by atoms with Gasteiger partial charge >= 0.3 is 0 Å². The van der Waals surface area contributed by atoms with E-state index in [1.807, 2.05) is 19.9 Å². The molecular weight excluding hydrogens is 248 g/mol. The van der Waals surface area contributed by atoms with Crippen molar-refractivity contribution in [3.63, 3.8) is 0 Å². The Kier molecular flexibility index (Phi) is 3.77. The van der Waals surface area contributed by atoms with Crippen molar-refractivity contribution in [2.75, 3.05) is 26.7 Å². The van der Waals surface area contributed by atoms with Crippen molar-refractivity contribution in [2.24, 2.45) is 0 Å². The molecule has 3 heteroatoms. The first-order valence-electron chi connectivity index (χ1n) is 9.20. The van der Waals surface area contributed by atoms with Crippen molar-refractivity contribution >= 4 is 10.9 Å². The van der Waals surface area contributed by atoms with Crippen LogP contribution >= 0.6 is 0 Å². The van der Waals surface area contributed by atoms with Crippen LogP contribution in [0.4, 0.5) is 0 Å². The number of rotatable bonds is 8. The average Bonchev–Trinajstić information content (AvgIpc) is 2.97. The molecule has 1 aromatic carbocycles. The third kappa shape index (κ3) is 3.54. The summed E-state index contributed by atoms with van der Waals surface area (Å²) < 4.78 is 39.4. The Morgan fingerprint density at radius 1 is 1.25 bits per heavy atom. The van der Waals surface area contributed by atoms with Gasteiger partial charge in [-0.3, -0.25) is 0 Å². The second-order valence-electron chi connectivity index (χ2n) is 4.84. The minimum absolute atomic E-state index is 0.318. The van der Waals surface area contributed by atoms with Crippen LogP contribution in [0.3, 0.4) is 0 Å². The summed E-state index contributed by atoms with van der Waals surface area (Å²) in [6.07, 6.45) is 0.953. The SMILES string of the molecule is [2H]C([2H])(c1c[nH]c2ccc(OC)cc12)C([2H])([2H])N(CCC)CCC. The van der Waals surface area contributed by atoms with Gasteiger partial charge in [0.2, 0.25) is 0 Å². The van der Waals surface area contributed by atoms with Gasteiger partial charge in [-0.25, -0.2) is 0 Å². The third-order valence-electron chi connectivity index (χ3n) is 3.22. The fourth-order valence-electron chi connectivity index (χ4n) is 2.23. The number of aromatic nitrogens is 1. The van der Waals surface area contributed by atoms with E-state index in [-0.39, 0.29) is 0 Å². The quantitative estimate of drug-likeness (QED) is 0.794. The van der Waals surface area contributed by atoms with E-state index in [4.69, 9.17) is 10.2 Å². The number of hydrogen-bond acceptors (Lipinski definition) is 2. The monoisotopic (exact) mass is 278 g/mol. The molecule has 0 amide bonds. The third-order valence-corrected chi connectivity index (χ3v) is 3.22. The number of aromatic amines is 1. The number of nitrogens with one attached hydrogen (secondary N) is 1. The molecule has 0 radical (unpaired) electrons. The van der Waals surface area contributed by atoms with Crippen LogP contribution in [0, 0.1) is 0 Å². The van der Waals surface area contributed by atoms with Crippen LogP contribution in [0.15, 0.2) is 24.4 Å². The van der Waals surface area contributed by atoms with Gasteiger partial charge in [0.1, 0.15) is 5.75 Å². The fraction of sp³-hybridized carbons (Fsp3) is 0.529. The molecule has 3 nitrogen and oxygen atoms in total. The smallest absolute Gasteiger partial charge is 0.119 e. The summed E-state index contributed by atoms with van der Waals surface area (Å²) in [6.45, 7) is 2.88. The molecule has 20 heavy (non-hydrogen) atoms. The lowest BCUT2D eigenvalue weighted by atomic mass is 10.1. The normalized spacial score (nSPS) is 15.8. The predicted octanol–water partition coefficient (Wildman–Crippen LogP) is 3.84. The molecule has 1 heterocycles. The summed E-state index contributed by atoms with van der Waals surface area (Å²) in [5.41, 5.74) is 1.08. The van der Waals surface area contributed by atoms with Crippen molar-refractivity contribution in [3.8, 4) is 5.75 Å². The molecule has 0 saturated heterocycles. The molecule has 0 aliphatic heterocycles. The minimum atomic E-state index is -2.16. The maximum Gasteiger partial charge on any atom is 0.119 e. The molecular formula is C17H26N2O. The number of aryl methyl sites for hydroxylation is 1. The zero-order valence-corrected chi connectivity index (χ0v) is 12.5. The lowest BCUT2D eigenvalue weighted by Gasteiger charge is -2.20. The van der Waals surface area contributed by atoms with Crippen LogP contribution in [0.2, 0.25) is 0 Å². The maximum absolute atomic E-state index is 8.57. The Balaban J connectivity index is 2.51. The second-order valence-corrected chi connectivity index (χ2v) is 4.84. The number of fused-ring (bicyclic) bond motifs is 1. The summed E-state index contributed by atoms with van der Waals surface area (Å²) in [4.78, 5) is 4.64. The first-order valence-corrected chi connectivity index (χ1v) is 7.20. The van der Waals surface area contributed by atoms with Crippen LogP contribution in [0.1, 0.15) is 37.7 Å². The minimum Gasteiger partial charge on any atom is -0.497 e. The Bertz CT molecular complexity index is 678. The van der Waals surface area contributed by atoms with Crippen molar-refractivity contribution in [3.05, 3.63) is 30.0 Å². The van der Waals surface area contributed by atoms with Crippen molar-refractivity contribution in [1.29, 1.82) is 0 Å². The number of hydrogen-bond donors (Lipinski definition) is 1. The molecule has 0 aliphatic carbocycles. The van der Waals surface area contributed by atoms with Gasteiger partial charge in [-0.15, -0.1) is 0 Å². The number of ether oxygens (including phenoxy) is 1. The standard InChI is InChI=1S/C17H26N2O/c1-4-9-19(10-5-2)11-8-14-13-18-17-7-6-15(20-3)12-16(14)17/h6-7,12-13,18H,4-5,8-11H2,1-3H3/i8D2,11D2. The van der Waals surface area contributed by atoms with E-state index in [1.165, 1.54) is 0 Å². The van der Waals surface area contributed by atoms with Crippen molar-refractivity contribution < 1.29 is 10.2 Å². The van der Waals surface area contributed by atoms with E-state index in [9.17, 15) is 0 Å². The van der Waals surface area contributed by atoms with Gasteiger partial charge in [0.05, 0.1) is 7.11 Å². The van der Waals surface area contributed by atoms with E-state index in [1.54, 1.807) is 30.3 Å².